The molecule has 0 heterocycles. The Balaban J connectivity index is 3.02. The molecule has 0 fully saturated rings. The standard InChI is InChI=1S/C21H32N4O6/c1-11(2)16(21(30)31)24-20(29)17(13(4)26)25-19(28)15(23-18(27)12(3)22)10-14-8-6-5-7-9-14/h5-9,11-13,15-17,26H,10,22H2,1-4H3,(H,23,27)(H,24,29)(H,25,28)(H,30,31). The highest BCUT2D eigenvalue weighted by molar-refractivity contribution is 5.94. The first kappa shape index (κ1) is 26.1. The average Bonchev–Trinajstić information content (AvgIpc) is 2.69. The number of benzene rings is 1. The van der Waals surface area contributed by atoms with Crippen LogP contribution in [0, 0.1) is 5.92 Å². The molecule has 0 aliphatic rings. The molecule has 0 saturated heterocycles. The lowest BCUT2D eigenvalue weighted by atomic mass is 10.0. The van der Waals surface area contributed by atoms with E-state index in [2.05, 4.69) is 16.0 Å². The van der Waals surface area contributed by atoms with Gasteiger partial charge in [0.2, 0.25) is 17.7 Å². The Bertz CT molecular complexity index is 766. The van der Waals surface area contributed by atoms with Gasteiger partial charge in [-0.2, -0.15) is 0 Å². The number of carbonyl (C=O) groups excluding carboxylic acids is 3. The van der Waals surface area contributed by atoms with E-state index in [4.69, 9.17) is 5.73 Å². The molecule has 0 spiro atoms. The van der Waals surface area contributed by atoms with Gasteiger partial charge in [0.05, 0.1) is 12.1 Å². The van der Waals surface area contributed by atoms with Crippen molar-refractivity contribution in [2.24, 2.45) is 11.7 Å². The van der Waals surface area contributed by atoms with Crippen molar-refractivity contribution in [2.75, 3.05) is 0 Å². The number of carboxylic acids is 1. The predicted molar refractivity (Wildman–Crippen MR) is 114 cm³/mol. The van der Waals surface area contributed by atoms with Crippen LogP contribution in [0.25, 0.3) is 0 Å². The Labute approximate surface area is 181 Å². The Morgan fingerprint density at radius 1 is 0.871 bits per heavy atom. The summed E-state index contributed by atoms with van der Waals surface area (Å²) in [5, 5.41) is 26.6. The number of carboxylic acid groups (broad SMARTS) is 1. The Morgan fingerprint density at radius 3 is 1.87 bits per heavy atom. The van der Waals surface area contributed by atoms with Crippen LogP contribution in [0.1, 0.15) is 33.3 Å². The van der Waals surface area contributed by atoms with Crippen molar-refractivity contribution < 1.29 is 29.4 Å². The average molecular weight is 437 g/mol. The van der Waals surface area contributed by atoms with Crippen molar-refractivity contribution >= 4 is 23.7 Å². The zero-order valence-electron chi connectivity index (χ0n) is 18.2. The van der Waals surface area contributed by atoms with E-state index in [1.54, 1.807) is 44.2 Å². The number of aliphatic hydroxyl groups is 1. The van der Waals surface area contributed by atoms with Crippen molar-refractivity contribution in [2.45, 2.75) is 64.4 Å². The minimum atomic E-state index is -1.42. The highest BCUT2D eigenvalue weighted by Gasteiger charge is 2.33. The van der Waals surface area contributed by atoms with E-state index in [1.807, 2.05) is 0 Å². The van der Waals surface area contributed by atoms with Crippen LogP contribution in [-0.4, -0.2) is 64.2 Å². The van der Waals surface area contributed by atoms with E-state index in [-0.39, 0.29) is 6.42 Å². The molecule has 1 aromatic carbocycles. The van der Waals surface area contributed by atoms with Gasteiger partial charge in [-0.25, -0.2) is 4.79 Å². The van der Waals surface area contributed by atoms with E-state index in [0.29, 0.717) is 0 Å². The minimum Gasteiger partial charge on any atom is -0.480 e. The maximum atomic E-state index is 12.9. The number of rotatable bonds is 11. The summed E-state index contributed by atoms with van der Waals surface area (Å²) in [7, 11) is 0. The molecule has 5 atom stereocenters. The summed E-state index contributed by atoms with van der Waals surface area (Å²) in [5.74, 6) is -3.76. The molecular formula is C21H32N4O6. The Hall–Kier alpha value is -2.98. The summed E-state index contributed by atoms with van der Waals surface area (Å²) in [4.78, 5) is 48.9. The summed E-state index contributed by atoms with van der Waals surface area (Å²) < 4.78 is 0. The first-order valence-electron chi connectivity index (χ1n) is 10.1. The number of aliphatic hydroxyl groups excluding tert-OH is 1. The lowest BCUT2D eigenvalue weighted by Crippen LogP contribution is -2.60. The van der Waals surface area contributed by atoms with Gasteiger partial charge >= 0.3 is 5.97 Å². The third-order valence-electron chi connectivity index (χ3n) is 4.62. The highest BCUT2D eigenvalue weighted by atomic mass is 16.4. The lowest BCUT2D eigenvalue weighted by Gasteiger charge is -2.27. The number of carbonyl (C=O) groups is 4. The second-order valence-corrected chi connectivity index (χ2v) is 7.83. The van der Waals surface area contributed by atoms with Gasteiger partial charge in [-0.05, 0) is 25.3 Å². The predicted octanol–water partition coefficient (Wildman–Crippen LogP) is -0.848. The summed E-state index contributed by atoms with van der Waals surface area (Å²) >= 11 is 0. The largest absolute Gasteiger partial charge is 0.480 e. The zero-order chi connectivity index (χ0) is 23.7. The van der Waals surface area contributed by atoms with E-state index in [0.717, 1.165) is 5.56 Å². The van der Waals surface area contributed by atoms with Gasteiger partial charge in [-0.1, -0.05) is 44.2 Å². The fraction of sp³-hybridized carbons (Fsp3) is 0.524. The molecule has 10 nitrogen and oxygen atoms in total. The molecule has 31 heavy (non-hydrogen) atoms. The molecule has 7 N–H and O–H groups in total. The van der Waals surface area contributed by atoms with Gasteiger partial charge in [0, 0.05) is 6.42 Å². The molecule has 0 aliphatic carbocycles. The molecule has 0 aliphatic heterocycles. The molecule has 3 amide bonds. The Kier molecular flexibility index (Phi) is 10.1. The van der Waals surface area contributed by atoms with E-state index in [9.17, 15) is 29.4 Å². The first-order chi connectivity index (χ1) is 14.4. The number of nitrogens with one attached hydrogen (secondary N) is 3. The minimum absolute atomic E-state index is 0.128. The molecule has 1 aromatic rings. The summed E-state index contributed by atoms with van der Waals surface area (Å²) in [5.41, 5.74) is 6.34. The molecule has 0 aromatic heterocycles. The molecule has 5 unspecified atom stereocenters. The molecule has 0 saturated carbocycles. The molecule has 0 radical (unpaired) electrons. The molecule has 1 rings (SSSR count). The van der Waals surface area contributed by atoms with Crippen LogP contribution in [0.3, 0.4) is 0 Å². The first-order valence-corrected chi connectivity index (χ1v) is 10.1. The van der Waals surface area contributed by atoms with Crippen molar-refractivity contribution in [3.63, 3.8) is 0 Å². The lowest BCUT2D eigenvalue weighted by molar-refractivity contribution is -0.144. The van der Waals surface area contributed by atoms with Gasteiger partial charge in [0.25, 0.3) is 0 Å². The monoisotopic (exact) mass is 436 g/mol. The van der Waals surface area contributed by atoms with E-state index in [1.165, 1.54) is 13.8 Å². The Morgan fingerprint density at radius 2 is 1.42 bits per heavy atom. The van der Waals surface area contributed by atoms with Crippen LogP contribution in [0.15, 0.2) is 30.3 Å². The van der Waals surface area contributed by atoms with Crippen LogP contribution < -0.4 is 21.7 Å². The van der Waals surface area contributed by atoms with Gasteiger partial charge in [0.15, 0.2) is 0 Å². The van der Waals surface area contributed by atoms with E-state index >= 15 is 0 Å². The number of hydrogen-bond acceptors (Lipinski definition) is 6. The van der Waals surface area contributed by atoms with E-state index < -0.39 is 59.9 Å². The zero-order valence-corrected chi connectivity index (χ0v) is 18.2. The second kappa shape index (κ2) is 12.0. The second-order valence-electron chi connectivity index (χ2n) is 7.83. The van der Waals surface area contributed by atoms with Crippen molar-refractivity contribution in [1.29, 1.82) is 0 Å². The smallest absolute Gasteiger partial charge is 0.326 e. The van der Waals surface area contributed by atoms with Crippen LogP contribution >= 0.6 is 0 Å². The van der Waals surface area contributed by atoms with Crippen molar-refractivity contribution in [1.82, 2.24) is 16.0 Å². The number of amides is 3. The number of hydrogen-bond donors (Lipinski definition) is 6. The third-order valence-corrected chi connectivity index (χ3v) is 4.62. The topological polar surface area (TPSA) is 171 Å². The molecule has 172 valence electrons. The van der Waals surface area contributed by atoms with Gasteiger partial charge in [-0.3, -0.25) is 14.4 Å². The normalized spacial score (nSPS) is 15.8. The van der Waals surface area contributed by atoms with Crippen LogP contribution in [0.4, 0.5) is 0 Å². The summed E-state index contributed by atoms with van der Waals surface area (Å²) in [6, 6.07) is 4.39. The molecule has 10 heteroatoms. The quantitative estimate of drug-likeness (QED) is 0.262. The maximum absolute atomic E-state index is 12.9. The fourth-order valence-corrected chi connectivity index (χ4v) is 2.78. The number of aliphatic carboxylic acids is 1. The van der Waals surface area contributed by atoms with Gasteiger partial charge < -0.3 is 31.9 Å². The molecule has 0 bridgehead atoms. The van der Waals surface area contributed by atoms with Gasteiger partial charge in [-0.15, -0.1) is 0 Å². The van der Waals surface area contributed by atoms with Crippen LogP contribution in [0.5, 0.6) is 0 Å². The van der Waals surface area contributed by atoms with Crippen molar-refractivity contribution in [3.8, 4) is 0 Å². The SMILES string of the molecule is CC(N)C(=O)NC(Cc1ccccc1)C(=O)NC(C(=O)NC(C(=O)O)C(C)C)C(C)O. The molecular weight excluding hydrogens is 404 g/mol. The maximum Gasteiger partial charge on any atom is 0.326 e. The van der Waals surface area contributed by atoms with Crippen LogP contribution in [-0.2, 0) is 25.6 Å². The third kappa shape index (κ3) is 8.35. The summed E-state index contributed by atoms with van der Waals surface area (Å²) in [6.07, 6.45) is -1.18. The van der Waals surface area contributed by atoms with Gasteiger partial charge in [0.1, 0.15) is 18.1 Å². The van der Waals surface area contributed by atoms with Crippen LogP contribution in [0.2, 0.25) is 0 Å². The fourth-order valence-electron chi connectivity index (χ4n) is 2.78. The van der Waals surface area contributed by atoms with Crippen molar-refractivity contribution in [3.05, 3.63) is 35.9 Å². The summed E-state index contributed by atoms with van der Waals surface area (Å²) in [6.45, 7) is 6.00. The highest BCUT2D eigenvalue weighted by Crippen LogP contribution is 2.07. The number of nitrogens with two attached hydrogens (primary N) is 1.